The molecule has 0 bridgehead atoms. The third kappa shape index (κ3) is 3.53. The van der Waals surface area contributed by atoms with Crippen LogP contribution < -0.4 is 5.56 Å². The van der Waals surface area contributed by atoms with Crippen molar-refractivity contribution < 1.29 is 0 Å². The zero-order chi connectivity index (χ0) is 15.4. The fraction of sp³-hybridized carbons (Fsp3) is 0.412. The van der Waals surface area contributed by atoms with Crippen LogP contribution >= 0.6 is 11.6 Å². The van der Waals surface area contributed by atoms with Crippen molar-refractivity contribution in [1.82, 2.24) is 9.78 Å². The van der Waals surface area contributed by atoms with E-state index >= 15 is 0 Å². The van der Waals surface area contributed by atoms with Gasteiger partial charge in [-0.2, -0.15) is 5.10 Å². The summed E-state index contributed by atoms with van der Waals surface area (Å²) in [6.07, 6.45) is 1.96. The summed E-state index contributed by atoms with van der Waals surface area (Å²) < 4.78 is 1.55. The van der Waals surface area contributed by atoms with E-state index in [2.05, 4.69) is 38.0 Å². The molecule has 1 aromatic carbocycles. The van der Waals surface area contributed by atoms with Crippen molar-refractivity contribution >= 4 is 11.6 Å². The summed E-state index contributed by atoms with van der Waals surface area (Å²) in [7, 11) is 0. The van der Waals surface area contributed by atoms with Crippen LogP contribution in [-0.4, -0.2) is 9.78 Å². The first kappa shape index (κ1) is 15.8. The second-order valence-corrected chi connectivity index (χ2v) is 5.64. The molecule has 2 rings (SSSR count). The Labute approximate surface area is 130 Å². The number of aromatic nitrogens is 2. The van der Waals surface area contributed by atoms with Gasteiger partial charge in [-0.05, 0) is 43.5 Å². The van der Waals surface area contributed by atoms with Gasteiger partial charge in [-0.15, -0.1) is 11.6 Å². The van der Waals surface area contributed by atoms with Gasteiger partial charge in [0.05, 0.1) is 11.6 Å². The molecule has 1 heterocycles. The Bertz CT molecular complexity index is 692. The molecule has 112 valence electrons. The Morgan fingerprint density at radius 1 is 1.19 bits per heavy atom. The van der Waals surface area contributed by atoms with Crippen molar-refractivity contribution in [3.63, 3.8) is 0 Å². The number of hydrogen-bond acceptors (Lipinski definition) is 2. The molecule has 0 amide bonds. The van der Waals surface area contributed by atoms with Gasteiger partial charge in [0.2, 0.25) is 0 Å². The summed E-state index contributed by atoms with van der Waals surface area (Å²) >= 11 is 5.91. The number of aryl methyl sites for hydroxylation is 3. The van der Waals surface area contributed by atoms with Crippen molar-refractivity contribution in [3.8, 4) is 11.3 Å². The molecule has 0 spiro atoms. The van der Waals surface area contributed by atoms with E-state index in [1.807, 2.05) is 12.1 Å². The molecule has 0 aliphatic rings. The minimum Gasteiger partial charge on any atom is -0.267 e. The van der Waals surface area contributed by atoms with Gasteiger partial charge in [-0.3, -0.25) is 4.79 Å². The highest BCUT2D eigenvalue weighted by atomic mass is 35.5. The Balaban J connectivity index is 2.52. The molecule has 0 saturated heterocycles. The number of unbranched alkanes of at least 4 members (excludes halogenated alkanes) is 1. The van der Waals surface area contributed by atoms with Crippen LogP contribution in [-0.2, 0) is 12.4 Å². The normalized spacial score (nSPS) is 10.9. The number of benzene rings is 1. The summed E-state index contributed by atoms with van der Waals surface area (Å²) in [6, 6.07) is 8.03. The molecule has 21 heavy (non-hydrogen) atoms. The molecule has 0 unspecified atom stereocenters. The van der Waals surface area contributed by atoms with Crippen molar-refractivity contribution in [2.75, 3.05) is 0 Å². The highest BCUT2D eigenvalue weighted by Gasteiger charge is 2.10. The van der Waals surface area contributed by atoms with Gasteiger partial charge < -0.3 is 0 Å². The third-order valence-corrected chi connectivity index (χ3v) is 4.01. The predicted octanol–water partition coefficient (Wildman–Crippen LogP) is 4.07. The summed E-state index contributed by atoms with van der Waals surface area (Å²) in [4.78, 5) is 12.2. The maximum Gasteiger partial charge on any atom is 0.271 e. The fourth-order valence-corrected chi connectivity index (χ4v) is 2.39. The lowest BCUT2D eigenvalue weighted by atomic mass is 10.0. The van der Waals surface area contributed by atoms with Crippen molar-refractivity contribution in [2.24, 2.45) is 0 Å². The predicted molar refractivity (Wildman–Crippen MR) is 87.9 cm³/mol. The zero-order valence-electron chi connectivity index (χ0n) is 12.8. The minimum atomic E-state index is -0.0777. The van der Waals surface area contributed by atoms with E-state index < -0.39 is 0 Å². The fourth-order valence-electron chi connectivity index (χ4n) is 2.19. The maximum atomic E-state index is 12.2. The van der Waals surface area contributed by atoms with Crippen molar-refractivity contribution in [2.45, 2.75) is 46.0 Å². The molecule has 0 fully saturated rings. The molecule has 0 saturated carbocycles. The first-order chi connectivity index (χ1) is 10.1. The number of hydrogen-bond donors (Lipinski definition) is 0. The Kier molecular flexibility index (Phi) is 5.18. The van der Waals surface area contributed by atoms with E-state index in [9.17, 15) is 4.79 Å². The summed E-state index contributed by atoms with van der Waals surface area (Å²) in [5.41, 5.74) is 4.82. The number of nitrogens with zero attached hydrogens (tertiary/aromatic N) is 2. The quantitative estimate of drug-likeness (QED) is 0.781. The van der Waals surface area contributed by atoms with Crippen LogP contribution in [0.15, 0.2) is 29.1 Å². The average Bonchev–Trinajstić information content (AvgIpc) is 2.49. The number of alkyl halides is 1. The summed E-state index contributed by atoms with van der Waals surface area (Å²) in [5.74, 6) is 0.214. The molecule has 0 N–H and O–H groups in total. The SMILES string of the molecule is CCCCn1nc(-c2ccc(C)c(C)c2)cc(CCl)c1=O. The van der Waals surface area contributed by atoms with Crippen LogP contribution in [0.2, 0.25) is 0 Å². The van der Waals surface area contributed by atoms with E-state index in [-0.39, 0.29) is 11.4 Å². The van der Waals surface area contributed by atoms with Gasteiger partial charge in [-0.25, -0.2) is 4.68 Å². The smallest absolute Gasteiger partial charge is 0.267 e. The van der Waals surface area contributed by atoms with E-state index in [1.54, 1.807) is 4.68 Å². The third-order valence-electron chi connectivity index (χ3n) is 3.72. The van der Waals surface area contributed by atoms with Crippen molar-refractivity contribution in [1.29, 1.82) is 0 Å². The molecule has 0 atom stereocenters. The van der Waals surface area contributed by atoms with E-state index in [0.29, 0.717) is 12.1 Å². The standard InChI is InChI=1S/C17H21ClN2O/c1-4-5-8-20-17(21)15(11-18)10-16(19-20)14-7-6-12(2)13(3)9-14/h6-7,9-10H,4-5,8,11H2,1-3H3. The van der Waals surface area contributed by atoms with E-state index in [0.717, 1.165) is 24.1 Å². The second-order valence-electron chi connectivity index (χ2n) is 5.37. The first-order valence-electron chi connectivity index (χ1n) is 7.31. The topological polar surface area (TPSA) is 34.9 Å². The Hall–Kier alpha value is -1.61. The summed E-state index contributed by atoms with van der Waals surface area (Å²) in [6.45, 7) is 6.89. The highest BCUT2D eigenvalue weighted by Crippen LogP contribution is 2.20. The van der Waals surface area contributed by atoms with Crippen LogP contribution in [0.25, 0.3) is 11.3 Å². The average molecular weight is 305 g/mol. The molecular weight excluding hydrogens is 284 g/mol. The van der Waals surface area contributed by atoms with Gasteiger partial charge in [0.15, 0.2) is 0 Å². The molecule has 0 radical (unpaired) electrons. The van der Waals surface area contributed by atoms with Crippen LogP contribution in [0.4, 0.5) is 0 Å². The lowest BCUT2D eigenvalue weighted by Crippen LogP contribution is -2.26. The van der Waals surface area contributed by atoms with Gasteiger partial charge in [0.1, 0.15) is 0 Å². The lowest BCUT2D eigenvalue weighted by Gasteiger charge is -2.10. The lowest BCUT2D eigenvalue weighted by molar-refractivity contribution is 0.542. The largest absolute Gasteiger partial charge is 0.271 e. The van der Waals surface area contributed by atoms with Crippen LogP contribution in [0.5, 0.6) is 0 Å². The van der Waals surface area contributed by atoms with Crippen LogP contribution in [0.3, 0.4) is 0 Å². The van der Waals surface area contributed by atoms with Gasteiger partial charge in [0, 0.05) is 17.7 Å². The number of halogens is 1. The van der Waals surface area contributed by atoms with Crippen molar-refractivity contribution in [3.05, 3.63) is 51.3 Å². The van der Waals surface area contributed by atoms with Crippen LogP contribution in [0, 0.1) is 13.8 Å². The minimum absolute atomic E-state index is 0.0777. The number of rotatable bonds is 5. The zero-order valence-corrected chi connectivity index (χ0v) is 13.6. The van der Waals surface area contributed by atoms with Gasteiger partial charge in [-0.1, -0.05) is 25.5 Å². The monoisotopic (exact) mass is 304 g/mol. The Morgan fingerprint density at radius 3 is 2.57 bits per heavy atom. The molecule has 0 aliphatic heterocycles. The molecule has 1 aromatic heterocycles. The first-order valence-corrected chi connectivity index (χ1v) is 7.85. The van der Waals surface area contributed by atoms with Crippen LogP contribution in [0.1, 0.15) is 36.5 Å². The molecule has 4 heteroatoms. The molecule has 3 nitrogen and oxygen atoms in total. The summed E-state index contributed by atoms with van der Waals surface area (Å²) in [5, 5.41) is 4.50. The molecule has 2 aromatic rings. The van der Waals surface area contributed by atoms with E-state index in [4.69, 9.17) is 11.6 Å². The second kappa shape index (κ2) is 6.90. The molecular formula is C17H21ClN2O. The maximum absolute atomic E-state index is 12.2. The van der Waals surface area contributed by atoms with E-state index in [1.165, 1.54) is 11.1 Å². The highest BCUT2D eigenvalue weighted by molar-refractivity contribution is 6.17. The van der Waals surface area contributed by atoms with Gasteiger partial charge in [0.25, 0.3) is 5.56 Å². The Morgan fingerprint density at radius 2 is 1.95 bits per heavy atom. The molecule has 0 aliphatic carbocycles. The van der Waals surface area contributed by atoms with Gasteiger partial charge >= 0.3 is 0 Å².